The van der Waals surface area contributed by atoms with Crippen molar-refractivity contribution in [2.75, 3.05) is 0 Å². The van der Waals surface area contributed by atoms with E-state index < -0.39 is 6.85 Å². The molecule has 0 bridgehead atoms. The smallest absolute Gasteiger partial charge is 0.227 e. The molecule has 0 aliphatic carbocycles. The highest BCUT2D eigenvalue weighted by Gasteiger charge is 2.21. The quantitative estimate of drug-likeness (QED) is 0.471. The van der Waals surface area contributed by atoms with Crippen molar-refractivity contribution < 1.29 is 13.1 Å². The van der Waals surface area contributed by atoms with E-state index >= 15 is 0 Å². The number of aromatic nitrogens is 2. The molecular formula is C22H23N2O+. The number of hydrogen-bond acceptors (Lipinski definition) is 2. The maximum absolute atomic E-state index is 7.60. The summed E-state index contributed by atoms with van der Waals surface area (Å²) in [5.74, 6) is 0.453. The van der Waals surface area contributed by atoms with Crippen molar-refractivity contribution in [3.8, 4) is 11.3 Å². The third kappa shape index (κ3) is 2.51. The molecular weight excluding hydrogens is 308 g/mol. The van der Waals surface area contributed by atoms with Crippen LogP contribution in [-0.2, 0) is 7.05 Å². The highest BCUT2D eigenvalue weighted by molar-refractivity contribution is 6.11. The van der Waals surface area contributed by atoms with Crippen molar-refractivity contribution in [3.63, 3.8) is 0 Å². The molecule has 1 aromatic carbocycles. The summed E-state index contributed by atoms with van der Waals surface area (Å²) in [4.78, 5) is 4.27. The van der Waals surface area contributed by atoms with Crippen LogP contribution in [0.4, 0.5) is 0 Å². The number of furan rings is 1. The average Bonchev–Trinajstić information content (AvgIpc) is 2.99. The highest BCUT2D eigenvalue weighted by atomic mass is 16.3. The molecule has 0 spiro atoms. The van der Waals surface area contributed by atoms with Crippen LogP contribution in [0.2, 0.25) is 0 Å². The Balaban J connectivity index is 2.02. The Kier molecular flexibility index (Phi) is 2.88. The third-order valence-corrected chi connectivity index (χ3v) is 4.79. The lowest BCUT2D eigenvalue weighted by molar-refractivity contribution is -0.660. The fourth-order valence-corrected chi connectivity index (χ4v) is 3.41. The fraction of sp³-hybridized carbons (Fsp3) is 0.273. The Morgan fingerprint density at radius 2 is 1.96 bits per heavy atom. The Labute approximate surface area is 152 Å². The van der Waals surface area contributed by atoms with Gasteiger partial charge in [-0.2, -0.15) is 0 Å². The minimum absolute atomic E-state index is 0.0455. The van der Waals surface area contributed by atoms with Crippen LogP contribution in [0.3, 0.4) is 0 Å². The first-order valence-corrected chi connectivity index (χ1v) is 8.50. The second-order valence-corrected chi connectivity index (χ2v) is 6.90. The molecule has 0 atom stereocenters. The lowest BCUT2D eigenvalue weighted by Gasteiger charge is -2.09. The van der Waals surface area contributed by atoms with E-state index in [0.717, 1.165) is 27.6 Å². The molecule has 3 nitrogen and oxygen atoms in total. The Hall–Kier alpha value is -2.68. The van der Waals surface area contributed by atoms with Gasteiger partial charge < -0.3 is 4.42 Å². The van der Waals surface area contributed by atoms with Gasteiger partial charge in [0.05, 0.1) is 5.56 Å². The molecule has 0 saturated carbocycles. The van der Waals surface area contributed by atoms with Crippen LogP contribution in [-0.4, -0.2) is 4.98 Å². The predicted molar refractivity (Wildman–Crippen MR) is 102 cm³/mol. The molecule has 3 heterocycles. The van der Waals surface area contributed by atoms with Crippen LogP contribution < -0.4 is 4.57 Å². The SMILES string of the molecule is [2H]C([2H])([2H])c1ccc2c(n1)oc1ccc(C)c(-c3ccc(C(C)C)c[n+]3C)c12. The molecule has 0 unspecified atom stereocenters. The van der Waals surface area contributed by atoms with Gasteiger partial charge in [0.1, 0.15) is 12.6 Å². The summed E-state index contributed by atoms with van der Waals surface area (Å²) in [6.07, 6.45) is 2.16. The summed E-state index contributed by atoms with van der Waals surface area (Å²) in [5.41, 5.74) is 5.67. The van der Waals surface area contributed by atoms with Crippen molar-refractivity contribution in [2.45, 2.75) is 33.5 Å². The van der Waals surface area contributed by atoms with E-state index in [9.17, 15) is 0 Å². The number of benzene rings is 1. The highest BCUT2D eigenvalue weighted by Crippen LogP contribution is 2.37. The van der Waals surface area contributed by atoms with E-state index in [4.69, 9.17) is 8.53 Å². The van der Waals surface area contributed by atoms with E-state index in [2.05, 4.69) is 48.7 Å². The topological polar surface area (TPSA) is 29.9 Å². The van der Waals surface area contributed by atoms with Gasteiger partial charge in [-0.1, -0.05) is 19.9 Å². The molecule has 4 aromatic rings. The lowest BCUT2D eigenvalue weighted by Crippen LogP contribution is -2.31. The average molecular weight is 334 g/mol. The van der Waals surface area contributed by atoms with Gasteiger partial charge in [-0.05, 0) is 49.5 Å². The monoisotopic (exact) mass is 334 g/mol. The molecule has 4 rings (SSSR count). The Bertz CT molecular complexity index is 1210. The van der Waals surface area contributed by atoms with Crippen molar-refractivity contribution >= 4 is 22.1 Å². The first-order chi connectivity index (χ1) is 13.2. The van der Waals surface area contributed by atoms with Crippen LogP contribution in [0, 0.1) is 13.8 Å². The number of hydrogen-bond donors (Lipinski definition) is 0. The van der Waals surface area contributed by atoms with Crippen molar-refractivity contribution in [2.24, 2.45) is 7.05 Å². The van der Waals surface area contributed by atoms with Gasteiger partial charge in [-0.15, -0.1) is 0 Å². The zero-order chi connectivity index (χ0) is 20.2. The zero-order valence-electron chi connectivity index (χ0n) is 17.9. The summed E-state index contributed by atoms with van der Waals surface area (Å²) in [6.45, 7) is 4.18. The molecule has 0 radical (unpaired) electrons. The minimum atomic E-state index is -2.26. The predicted octanol–water partition coefficient (Wildman–Crippen LogP) is 5.21. The molecule has 3 aromatic heterocycles. The number of rotatable bonds is 2. The maximum Gasteiger partial charge on any atom is 0.227 e. The molecule has 0 aliphatic heterocycles. The largest absolute Gasteiger partial charge is 0.438 e. The summed E-state index contributed by atoms with van der Waals surface area (Å²) in [5, 5.41) is 1.79. The van der Waals surface area contributed by atoms with E-state index in [-0.39, 0.29) is 5.69 Å². The number of pyridine rings is 2. The Morgan fingerprint density at radius 1 is 1.12 bits per heavy atom. The van der Waals surface area contributed by atoms with Crippen LogP contribution in [0.1, 0.15) is 40.7 Å². The van der Waals surface area contributed by atoms with Crippen LogP contribution >= 0.6 is 0 Å². The molecule has 0 saturated heterocycles. The molecule has 126 valence electrons. The van der Waals surface area contributed by atoms with E-state index in [1.807, 2.05) is 19.2 Å². The van der Waals surface area contributed by atoms with Gasteiger partial charge >= 0.3 is 0 Å². The van der Waals surface area contributed by atoms with Crippen molar-refractivity contribution in [1.29, 1.82) is 0 Å². The van der Waals surface area contributed by atoms with Crippen LogP contribution in [0.25, 0.3) is 33.3 Å². The molecule has 0 aliphatic rings. The lowest BCUT2D eigenvalue weighted by atomic mass is 9.97. The molecule has 0 N–H and O–H groups in total. The second kappa shape index (κ2) is 5.69. The summed E-state index contributed by atoms with van der Waals surface area (Å²) in [7, 11) is 2.05. The molecule has 0 amide bonds. The summed E-state index contributed by atoms with van der Waals surface area (Å²) >= 11 is 0. The van der Waals surface area contributed by atoms with Crippen molar-refractivity contribution in [3.05, 3.63) is 59.4 Å². The standard InChI is InChI=1S/C22H23N2O/c1-13(2)16-8-10-18(24(5)12-16)20-14(3)6-11-19-21(20)17-9-7-15(4)23-22(17)25-19/h6-13H,1-5H3/q+1/i4D3. The van der Waals surface area contributed by atoms with Crippen LogP contribution in [0.15, 0.2) is 47.0 Å². The minimum Gasteiger partial charge on any atom is -0.438 e. The normalized spacial score (nSPS) is 14.0. The van der Waals surface area contributed by atoms with E-state index in [0.29, 0.717) is 17.2 Å². The van der Waals surface area contributed by atoms with Gasteiger partial charge in [-0.25, -0.2) is 9.55 Å². The summed E-state index contributed by atoms with van der Waals surface area (Å²) < 4.78 is 30.9. The zero-order valence-corrected chi connectivity index (χ0v) is 14.9. The first kappa shape index (κ1) is 12.6. The number of fused-ring (bicyclic) bond motifs is 3. The van der Waals surface area contributed by atoms with Gasteiger partial charge in [0.15, 0.2) is 6.20 Å². The number of aryl methyl sites for hydroxylation is 3. The van der Waals surface area contributed by atoms with Gasteiger partial charge in [-0.3, -0.25) is 0 Å². The fourth-order valence-electron chi connectivity index (χ4n) is 3.41. The van der Waals surface area contributed by atoms with Gasteiger partial charge in [0.2, 0.25) is 11.4 Å². The third-order valence-electron chi connectivity index (χ3n) is 4.79. The molecule has 3 heteroatoms. The molecule has 0 fully saturated rings. The molecule has 25 heavy (non-hydrogen) atoms. The summed E-state index contributed by atoms with van der Waals surface area (Å²) in [6, 6.07) is 11.6. The van der Waals surface area contributed by atoms with Gasteiger partial charge in [0.25, 0.3) is 0 Å². The van der Waals surface area contributed by atoms with E-state index in [1.165, 1.54) is 5.56 Å². The van der Waals surface area contributed by atoms with E-state index in [1.54, 1.807) is 12.1 Å². The van der Waals surface area contributed by atoms with Crippen LogP contribution in [0.5, 0.6) is 0 Å². The Morgan fingerprint density at radius 3 is 2.68 bits per heavy atom. The van der Waals surface area contributed by atoms with Gasteiger partial charge in [0, 0.05) is 32.2 Å². The number of nitrogens with zero attached hydrogens (tertiary/aromatic N) is 2. The second-order valence-electron chi connectivity index (χ2n) is 6.90. The maximum atomic E-state index is 7.60. The first-order valence-electron chi connectivity index (χ1n) is 10.00. The van der Waals surface area contributed by atoms with Crippen molar-refractivity contribution in [1.82, 2.24) is 4.98 Å².